The molecule has 4 aromatic rings. The molecular formula is C28H29FN4O2. The number of furan rings is 1. The Morgan fingerprint density at radius 1 is 0.886 bits per heavy atom. The Hall–Kier alpha value is -3.84. The second kappa shape index (κ2) is 10.6. The molecular weight excluding hydrogens is 443 g/mol. The minimum atomic E-state index is -0.227. The van der Waals surface area contributed by atoms with E-state index >= 15 is 0 Å². The van der Waals surface area contributed by atoms with Crippen LogP contribution in [0.1, 0.15) is 17.4 Å². The number of piperazine rings is 1. The molecule has 0 aliphatic carbocycles. The topological polar surface area (TPSA) is 60.8 Å². The van der Waals surface area contributed by atoms with Gasteiger partial charge in [0.1, 0.15) is 11.6 Å². The fourth-order valence-electron chi connectivity index (χ4n) is 4.71. The van der Waals surface area contributed by atoms with Gasteiger partial charge < -0.3 is 20.0 Å². The van der Waals surface area contributed by atoms with Crippen LogP contribution >= 0.6 is 0 Å². The van der Waals surface area contributed by atoms with Crippen LogP contribution < -0.4 is 15.5 Å². The standard InChI is InChI=1S/C28H29FN4O2/c29-23-10-12-24(13-11-23)32-14-16-33(17-15-32)26(27-9-4-18-35-27)20-31-28(34)30-19-22-7-3-6-21-5-1-2-8-25(21)22/h1-13,18,26H,14-17,19-20H2,(H2,30,31,34). The van der Waals surface area contributed by atoms with Crippen molar-refractivity contribution in [1.82, 2.24) is 15.5 Å². The van der Waals surface area contributed by atoms with Gasteiger partial charge in [-0.2, -0.15) is 0 Å². The van der Waals surface area contributed by atoms with E-state index in [2.05, 4.69) is 38.6 Å². The maximum Gasteiger partial charge on any atom is 0.315 e. The Labute approximate surface area is 204 Å². The van der Waals surface area contributed by atoms with Crippen LogP contribution in [0.4, 0.5) is 14.9 Å². The van der Waals surface area contributed by atoms with Crippen molar-refractivity contribution in [3.05, 3.63) is 102 Å². The van der Waals surface area contributed by atoms with E-state index < -0.39 is 0 Å². The molecule has 1 aromatic heterocycles. The highest BCUT2D eigenvalue weighted by atomic mass is 19.1. The van der Waals surface area contributed by atoms with E-state index in [1.165, 1.54) is 12.1 Å². The molecule has 7 heteroatoms. The smallest absolute Gasteiger partial charge is 0.315 e. The number of anilines is 1. The molecule has 0 spiro atoms. The number of urea groups is 1. The van der Waals surface area contributed by atoms with Gasteiger partial charge in [-0.15, -0.1) is 0 Å². The highest BCUT2D eigenvalue weighted by Gasteiger charge is 2.27. The molecule has 1 saturated heterocycles. The van der Waals surface area contributed by atoms with Gasteiger partial charge in [-0.3, -0.25) is 4.90 Å². The van der Waals surface area contributed by atoms with E-state index in [4.69, 9.17) is 4.42 Å². The summed E-state index contributed by atoms with van der Waals surface area (Å²) in [7, 11) is 0. The molecule has 0 bridgehead atoms. The van der Waals surface area contributed by atoms with Crippen LogP contribution in [-0.4, -0.2) is 43.7 Å². The van der Waals surface area contributed by atoms with Crippen molar-refractivity contribution < 1.29 is 13.6 Å². The first-order valence-electron chi connectivity index (χ1n) is 11.9. The average Bonchev–Trinajstić information content (AvgIpc) is 3.43. The van der Waals surface area contributed by atoms with Crippen LogP contribution in [0.15, 0.2) is 89.5 Å². The molecule has 180 valence electrons. The number of hydrogen-bond acceptors (Lipinski definition) is 4. The van der Waals surface area contributed by atoms with Crippen molar-refractivity contribution in [2.75, 3.05) is 37.6 Å². The third-order valence-corrected chi connectivity index (χ3v) is 6.59. The van der Waals surface area contributed by atoms with Gasteiger partial charge in [0.25, 0.3) is 0 Å². The van der Waals surface area contributed by atoms with Gasteiger partial charge in [0, 0.05) is 45.0 Å². The van der Waals surface area contributed by atoms with Crippen molar-refractivity contribution in [1.29, 1.82) is 0 Å². The first-order valence-corrected chi connectivity index (χ1v) is 11.9. The molecule has 1 fully saturated rings. The molecule has 2 amide bonds. The third-order valence-electron chi connectivity index (χ3n) is 6.59. The second-order valence-corrected chi connectivity index (χ2v) is 8.73. The molecule has 35 heavy (non-hydrogen) atoms. The Kier molecular flexibility index (Phi) is 6.95. The van der Waals surface area contributed by atoms with Crippen molar-refractivity contribution in [2.24, 2.45) is 0 Å². The lowest BCUT2D eigenvalue weighted by molar-refractivity contribution is 0.161. The minimum Gasteiger partial charge on any atom is -0.468 e. The number of carbonyl (C=O) groups excluding carboxylic acids is 1. The van der Waals surface area contributed by atoms with Crippen LogP contribution in [0, 0.1) is 5.82 Å². The van der Waals surface area contributed by atoms with Crippen molar-refractivity contribution in [3.63, 3.8) is 0 Å². The number of nitrogens with zero attached hydrogens (tertiary/aromatic N) is 2. The highest BCUT2D eigenvalue weighted by molar-refractivity contribution is 5.86. The molecule has 3 aromatic carbocycles. The van der Waals surface area contributed by atoms with Crippen LogP contribution in [-0.2, 0) is 6.54 Å². The van der Waals surface area contributed by atoms with Gasteiger partial charge in [-0.25, -0.2) is 9.18 Å². The number of halogens is 1. The molecule has 6 nitrogen and oxygen atoms in total. The zero-order chi connectivity index (χ0) is 24.0. The van der Waals surface area contributed by atoms with Gasteiger partial charge in [0.15, 0.2) is 0 Å². The van der Waals surface area contributed by atoms with Crippen molar-refractivity contribution in [3.8, 4) is 0 Å². The predicted octanol–water partition coefficient (Wildman–Crippen LogP) is 4.93. The Morgan fingerprint density at radius 3 is 2.43 bits per heavy atom. The fourth-order valence-corrected chi connectivity index (χ4v) is 4.71. The number of benzene rings is 3. The summed E-state index contributed by atoms with van der Waals surface area (Å²) in [5.41, 5.74) is 2.10. The molecule has 2 N–H and O–H groups in total. The first-order chi connectivity index (χ1) is 17.2. The van der Waals surface area contributed by atoms with Gasteiger partial charge in [0.2, 0.25) is 0 Å². The van der Waals surface area contributed by atoms with Crippen LogP contribution in [0.5, 0.6) is 0 Å². The zero-order valence-corrected chi connectivity index (χ0v) is 19.5. The van der Waals surface area contributed by atoms with Gasteiger partial charge >= 0.3 is 6.03 Å². The number of rotatable bonds is 7. The van der Waals surface area contributed by atoms with Crippen LogP contribution in [0.3, 0.4) is 0 Å². The summed E-state index contributed by atoms with van der Waals surface area (Å²) in [5, 5.41) is 8.32. The molecule has 0 radical (unpaired) electrons. The lowest BCUT2D eigenvalue weighted by Gasteiger charge is -2.39. The molecule has 1 aliphatic heterocycles. The van der Waals surface area contributed by atoms with Crippen molar-refractivity contribution in [2.45, 2.75) is 12.6 Å². The van der Waals surface area contributed by atoms with E-state index in [1.54, 1.807) is 6.26 Å². The minimum absolute atomic E-state index is 0.0660. The monoisotopic (exact) mass is 472 g/mol. The van der Waals surface area contributed by atoms with E-state index in [0.29, 0.717) is 13.1 Å². The van der Waals surface area contributed by atoms with Crippen LogP contribution in [0.25, 0.3) is 10.8 Å². The number of hydrogen-bond donors (Lipinski definition) is 2. The first kappa shape index (κ1) is 22.9. The fraction of sp³-hybridized carbons (Fsp3) is 0.250. The quantitative estimate of drug-likeness (QED) is 0.400. The predicted molar refractivity (Wildman–Crippen MR) is 136 cm³/mol. The Morgan fingerprint density at radius 2 is 1.66 bits per heavy atom. The molecule has 1 atom stereocenters. The number of nitrogens with one attached hydrogen (secondary N) is 2. The normalized spacial score (nSPS) is 15.2. The maximum absolute atomic E-state index is 13.3. The summed E-state index contributed by atoms with van der Waals surface area (Å²) in [5.74, 6) is 0.602. The van der Waals surface area contributed by atoms with Crippen molar-refractivity contribution >= 4 is 22.5 Å². The summed E-state index contributed by atoms with van der Waals surface area (Å²) in [6.07, 6.45) is 1.66. The molecule has 5 rings (SSSR count). The molecule has 2 heterocycles. The van der Waals surface area contributed by atoms with Gasteiger partial charge in [-0.05, 0) is 52.7 Å². The van der Waals surface area contributed by atoms with Gasteiger partial charge in [0.05, 0.1) is 12.3 Å². The summed E-state index contributed by atoms with van der Waals surface area (Å²) in [6, 6.07) is 24.5. The lowest BCUT2D eigenvalue weighted by Crippen LogP contribution is -2.50. The summed E-state index contributed by atoms with van der Waals surface area (Å²) >= 11 is 0. The SMILES string of the molecule is O=C(NCc1cccc2ccccc12)NCC(c1ccco1)N1CCN(c2ccc(F)cc2)CC1. The van der Waals surface area contributed by atoms with E-state index in [9.17, 15) is 9.18 Å². The molecule has 0 saturated carbocycles. The summed E-state index contributed by atoms with van der Waals surface area (Å²) < 4.78 is 19.0. The summed E-state index contributed by atoms with van der Waals surface area (Å²) in [4.78, 5) is 17.2. The van der Waals surface area contributed by atoms with E-state index in [-0.39, 0.29) is 17.9 Å². The molecule has 1 unspecified atom stereocenters. The van der Waals surface area contributed by atoms with E-state index in [1.807, 2.05) is 48.5 Å². The number of amides is 2. The zero-order valence-electron chi connectivity index (χ0n) is 19.5. The van der Waals surface area contributed by atoms with Gasteiger partial charge in [-0.1, -0.05) is 42.5 Å². The number of fused-ring (bicyclic) bond motifs is 1. The largest absolute Gasteiger partial charge is 0.468 e. The molecule has 1 aliphatic rings. The maximum atomic E-state index is 13.3. The third kappa shape index (κ3) is 5.46. The average molecular weight is 473 g/mol. The Bertz CT molecular complexity index is 1250. The van der Waals surface area contributed by atoms with E-state index in [0.717, 1.165) is 54.0 Å². The van der Waals surface area contributed by atoms with Crippen LogP contribution in [0.2, 0.25) is 0 Å². The second-order valence-electron chi connectivity index (χ2n) is 8.73. The Balaban J connectivity index is 1.18. The lowest BCUT2D eigenvalue weighted by atomic mass is 10.0. The number of carbonyl (C=O) groups is 1. The highest BCUT2D eigenvalue weighted by Crippen LogP contribution is 2.24. The summed E-state index contributed by atoms with van der Waals surface area (Å²) in [6.45, 7) is 4.14.